The van der Waals surface area contributed by atoms with Crippen LogP contribution in [-0.4, -0.2) is 21.5 Å². The van der Waals surface area contributed by atoms with Crippen molar-refractivity contribution in [3.05, 3.63) is 72.6 Å². The lowest BCUT2D eigenvalue weighted by atomic mass is 10.2. The van der Waals surface area contributed by atoms with Crippen LogP contribution in [0, 0.1) is 0 Å². The standard InChI is InChI=1S/C23H21N3O3/c27-22(11-8-17-15-24-26(16-17)19-6-2-1-3-7-19)25-18-9-10-20-21(14-18)29-23(28-20)12-4-5-13-23/h1-3,6-11,14-16H,4-5,12-13H2,(H,25,27)/b11-8+. The largest absolute Gasteiger partial charge is 0.448 e. The van der Waals surface area contributed by atoms with E-state index in [0.29, 0.717) is 11.4 Å². The fourth-order valence-corrected chi connectivity index (χ4v) is 3.79. The molecule has 29 heavy (non-hydrogen) atoms. The van der Waals surface area contributed by atoms with Crippen LogP contribution in [0.1, 0.15) is 31.2 Å². The molecule has 1 fully saturated rings. The fourth-order valence-electron chi connectivity index (χ4n) is 3.79. The maximum Gasteiger partial charge on any atom is 0.251 e. The maximum absolute atomic E-state index is 12.3. The third-order valence-corrected chi connectivity index (χ3v) is 5.22. The molecule has 1 aliphatic carbocycles. The molecule has 1 spiro atoms. The summed E-state index contributed by atoms with van der Waals surface area (Å²) in [7, 11) is 0. The molecule has 0 unspecified atom stereocenters. The minimum Gasteiger partial charge on any atom is -0.448 e. The zero-order valence-electron chi connectivity index (χ0n) is 15.9. The van der Waals surface area contributed by atoms with Gasteiger partial charge in [0.25, 0.3) is 5.79 Å². The summed E-state index contributed by atoms with van der Waals surface area (Å²) in [5.41, 5.74) is 2.49. The molecular formula is C23H21N3O3. The van der Waals surface area contributed by atoms with Gasteiger partial charge in [0.15, 0.2) is 11.5 Å². The number of carbonyl (C=O) groups is 1. The van der Waals surface area contributed by atoms with Crippen molar-refractivity contribution in [3.8, 4) is 17.2 Å². The third kappa shape index (κ3) is 3.61. The fraction of sp³-hybridized carbons (Fsp3) is 0.217. The highest BCUT2D eigenvalue weighted by molar-refractivity contribution is 6.02. The lowest BCUT2D eigenvalue weighted by Gasteiger charge is -2.21. The number of nitrogens with zero attached hydrogens (tertiary/aromatic N) is 2. The van der Waals surface area contributed by atoms with Crippen LogP contribution in [0.3, 0.4) is 0 Å². The molecule has 0 atom stereocenters. The summed E-state index contributed by atoms with van der Waals surface area (Å²) < 4.78 is 13.8. The van der Waals surface area contributed by atoms with E-state index in [9.17, 15) is 4.79 Å². The summed E-state index contributed by atoms with van der Waals surface area (Å²) in [4.78, 5) is 12.3. The van der Waals surface area contributed by atoms with Crippen molar-refractivity contribution < 1.29 is 14.3 Å². The van der Waals surface area contributed by atoms with Gasteiger partial charge in [-0.2, -0.15) is 5.10 Å². The smallest absolute Gasteiger partial charge is 0.251 e. The molecule has 6 nitrogen and oxygen atoms in total. The second kappa shape index (κ2) is 7.13. The molecule has 0 bridgehead atoms. The average Bonchev–Trinajstić information content (AvgIpc) is 3.47. The number of carbonyl (C=O) groups excluding carboxylic acids is 1. The zero-order chi connectivity index (χ0) is 19.7. The van der Waals surface area contributed by atoms with Crippen molar-refractivity contribution >= 4 is 17.7 Å². The number of amides is 1. The van der Waals surface area contributed by atoms with Crippen molar-refractivity contribution in [1.29, 1.82) is 0 Å². The van der Waals surface area contributed by atoms with Gasteiger partial charge in [-0.1, -0.05) is 18.2 Å². The number of benzene rings is 2. The van der Waals surface area contributed by atoms with Crippen molar-refractivity contribution in [3.63, 3.8) is 0 Å². The van der Waals surface area contributed by atoms with E-state index in [1.807, 2.05) is 54.7 Å². The van der Waals surface area contributed by atoms with E-state index in [0.717, 1.165) is 42.7 Å². The molecule has 1 N–H and O–H groups in total. The Morgan fingerprint density at radius 1 is 1.07 bits per heavy atom. The molecule has 0 saturated heterocycles. The molecule has 5 rings (SSSR count). The van der Waals surface area contributed by atoms with Gasteiger partial charge < -0.3 is 14.8 Å². The first-order valence-electron chi connectivity index (χ1n) is 9.80. The number of fused-ring (bicyclic) bond motifs is 1. The highest BCUT2D eigenvalue weighted by atomic mass is 16.7. The summed E-state index contributed by atoms with van der Waals surface area (Å²) in [5.74, 6) is 0.725. The number of hydrogen-bond donors (Lipinski definition) is 1. The minimum absolute atomic E-state index is 0.216. The van der Waals surface area contributed by atoms with Gasteiger partial charge in [-0.15, -0.1) is 0 Å². The van der Waals surface area contributed by atoms with E-state index >= 15 is 0 Å². The molecule has 2 aromatic carbocycles. The Morgan fingerprint density at radius 3 is 2.69 bits per heavy atom. The van der Waals surface area contributed by atoms with Crippen LogP contribution in [0.2, 0.25) is 0 Å². The number of rotatable bonds is 4. The van der Waals surface area contributed by atoms with Gasteiger partial charge >= 0.3 is 0 Å². The zero-order valence-corrected chi connectivity index (χ0v) is 15.9. The van der Waals surface area contributed by atoms with E-state index < -0.39 is 5.79 Å². The van der Waals surface area contributed by atoms with E-state index in [1.54, 1.807) is 17.0 Å². The molecule has 1 saturated carbocycles. The monoisotopic (exact) mass is 387 g/mol. The second-order valence-corrected chi connectivity index (χ2v) is 7.36. The van der Waals surface area contributed by atoms with Crippen LogP contribution in [-0.2, 0) is 4.79 Å². The molecule has 1 amide bonds. The first-order valence-corrected chi connectivity index (χ1v) is 9.80. The first-order chi connectivity index (χ1) is 14.2. The number of nitrogens with one attached hydrogen (secondary N) is 1. The summed E-state index contributed by atoms with van der Waals surface area (Å²) in [5, 5.41) is 7.20. The molecule has 146 valence electrons. The van der Waals surface area contributed by atoms with E-state index in [1.165, 1.54) is 6.08 Å². The normalized spacial score (nSPS) is 16.6. The van der Waals surface area contributed by atoms with Crippen LogP contribution in [0.4, 0.5) is 5.69 Å². The quantitative estimate of drug-likeness (QED) is 0.666. The maximum atomic E-state index is 12.3. The lowest BCUT2D eigenvalue weighted by molar-refractivity contribution is -0.111. The van der Waals surface area contributed by atoms with Gasteiger partial charge in [0.2, 0.25) is 5.91 Å². The van der Waals surface area contributed by atoms with Gasteiger partial charge in [-0.25, -0.2) is 4.68 Å². The predicted molar refractivity (Wildman–Crippen MR) is 110 cm³/mol. The Hall–Kier alpha value is -3.54. The third-order valence-electron chi connectivity index (χ3n) is 5.22. The van der Waals surface area contributed by atoms with Crippen LogP contribution in [0.15, 0.2) is 67.0 Å². The molecule has 1 aliphatic heterocycles. The Bertz CT molecular complexity index is 1070. The van der Waals surface area contributed by atoms with Crippen molar-refractivity contribution in [1.82, 2.24) is 9.78 Å². The lowest BCUT2D eigenvalue weighted by Crippen LogP contribution is -2.34. The van der Waals surface area contributed by atoms with Crippen LogP contribution < -0.4 is 14.8 Å². The predicted octanol–water partition coefficient (Wildman–Crippen LogP) is 4.57. The molecular weight excluding hydrogens is 366 g/mol. The molecule has 1 aromatic heterocycles. The van der Waals surface area contributed by atoms with Crippen molar-refractivity contribution in [2.75, 3.05) is 5.32 Å². The minimum atomic E-state index is -0.496. The summed E-state index contributed by atoms with van der Waals surface area (Å²) in [6, 6.07) is 15.3. The topological polar surface area (TPSA) is 65.4 Å². The van der Waals surface area contributed by atoms with Crippen molar-refractivity contribution in [2.45, 2.75) is 31.5 Å². The van der Waals surface area contributed by atoms with E-state index in [-0.39, 0.29) is 5.91 Å². The van der Waals surface area contributed by atoms with Gasteiger partial charge in [0.05, 0.1) is 11.9 Å². The molecule has 2 aliphatic rings. The Labute approximate surface area is 168 Å². The number of anilines is 1. The number of ether oxygens (including phenoxy) is 2. The highest BCUT2D eigenvalue weighted by Gasteiger charge is 2.44. The van der Waals surface area contributed by atoms with E-state index in [2.05, 4.69) is 10.4 Å². The van der Waals surface area contributed by atoms with Gasteiger partial charge in [-0.05, 0) is 43.2 Å². The highest BCUT2D eigenvalue weighted by Crippen LogP contribution is 2.47. The first kappa shape index (κ1) is 17.6. The number of para-hydroxylation sites is 1. The van der Waals surface area contributed by atoms with Gasteiger partial charge in [0.1, 0.15) is 0 Å². The summed E-state index contributed by atoms with van der Waals surface area (Å²) in [6.07, 6.45) is 10.9. The Kier molecular flexibility index (Phi) is 4.31. The van der Waals surface area contributed by atoms with Crippen molar-refractivity contribution in [2.24, 2.45) is 0 Å². The van der Waals surface area contributed by atoms with E-state index in [4.69, 9.17) is 9.47 Å². The SMILES string of the molecule is O=C(/C=C/c1cnn(-c2ccccc2)c1)Nc1ccc2c(c1)OC1(CCCC1)O2. The van der Waals surface area contributed by atoms with Crippen LogP contribution >= 0.6 is 0 Å². The molecule has 3 aromatic rings. The van der Waals surface area contributed by atoms with Crippen LogP contribution in [0.5, 0.6) is 11.5 Å². The molecule has 6 heteroatoms. The van der Waals surface area contributed by atoms with Gasteiger partial charge in [-0.3, -0.25) is 4.79 Å². The summed E-state index contributed by atoms with van der Waals surface area (Å²) in [6.45, 7) is 0. The van der Waals surface area contributed by atoms with Gasteiger partial charge in [0, 0.05) is 42.4 Å². The second-order valence-electron chi connectivity index (χ2n) is 7.36. The number of hydrogen-bond acceptors (Lipinski definition) is 4. The Balaban J connectivity index is 1.23. The summed E-state index contributed by atoms with van der Waals surface area (Å²) >= 11 is 0. The molecule has 2 heterocycles. The van der Waals surface area contributed by atoms with Crippen LogP contribution in [0.25, 0.3) is 11.8 Å². The Morgan fingerprint density at radius 2 is 1.86 bits per heavy atom. The average molecular weight is 387 g/mol. The number of aromatic nitrogens is 2. The molecule has 0 radical (unpaired) electrons.